The third-order valence-corrected chi connectivity index (χ3v) is 6.55. The number of rotatable bonds is 2. The molecule has 0 bridgehead atoms. The topological polar surface area (TPSA) is 66.9 Å². The van der Waals surface area contributed by atoms with Gasteiger partial charge in [-0.25, -0.2) is 13.2 Å². The second-order valence-electron chi connectivity index (χ2n) is 6.32. The molecule has 1 aromatic heterocycles. The molecule has 6 nitrogen and oxygen atoms in total. The maximum Gasteiger partial charge on any atom is 0.410 e. The Hall–Kier alpha value is -1.12. The molecule has 0 spiro atoms. The number of hydrogen-bond donors (Lipinski definition) is 0. The highest BCUT2D eigenvalue weighted by Gasteiger charge is 2.36. The van der Waals surface area contributed by atoms with E-state index in [-0.39, 0.29) is 19.1 Å². The molecule has 0 saturated carbocycles. The molecular formula is C14H22N2O4S2. The van der Waals surface area contributed by atoms with Crippen molar-refractivity contribution in [1.82, 2.24) is 9.21 Å². The SMILES string of the molecule is CC1CN(S(=O)(=O)c2cccs2)CCN1C(=O)OC(C)(C)C. The Labute approximate surface area is 135 Å². The summed E-state index contributed by atoms with van der Waals surface area (Å²) >= 11 is 1.20. The molecule has 1 atom stereocenters. The monoisotopic (exact) mass is 346 g/mol. The lowest BCUT2D eigenvalue weighted by atomic mass is 10.2. The van der Waals surface area contributed by atoms with Crippen molar-refractivity contribution in [3.05, 3.63) is 17.5 Å². The molecule has 124 valence electrons. The molecule has 1 fully saturated rings. The van der Waals surface area contributed by atoms with Gasteiger partial charge < -0.3 is 9.64 Å². The molecule has 1 saturated heterocycles. The van der Waals surface area contributed by atoms with E-state index >= 15 is 0 Å². The summed E-state index contributed by atoms with van der Waals surface area (Å²) in [5, 5.41) is 1.74. The van der Waals surface area contributed by atoms with Crippen LogP contribution in [0, 0.1) is 0 Å². The third kappa shape index (κ3) is 3.80. The molecule has 0 radical (unpaired) electrons. The molecule has 0 aliphatic carbocycles. The molecule has 0 aromatic carbocycles. The first kappa shape index (κ1) is 17.2. The van der Waals surface area contributed by atoms with Gasteiger partial charge in [0.05, 0.1) is 0 Å². The largest absolute Gasteiger partial charge is 0.444 e. The van der Waals surface area contributed by atoms with Crippen LogP contribution in [0.4, 0.5) is 4.79 Å². The Kier molecular flexibility index (Phi) is 4.84. The highest BCUT2D eigenvalue weighted by Crippen LogP contribution is 2.24. The molecule has 1 unspecified atom stereocenters. The number of piperazine rings is 1. The number of hydrogen-bond acceptors (Lipinski definition) is 5. The first-order chi connectivity index (χ1) is 10.1. The van der Waals surface area contributed by atoms with Crippen LogP contribution in [0.15, 0.2) is 21.7 Å². The summed E-state index contributed by atoms with van der Waals surface area (Å²) in [5.41, 5.74) is -0.559. The lowest BCUT2D eigenvalue weighted by Gasteiger charge is -2.39. The minimum Gasteiger partial charge on any atom is -0.444 e. The molecular weight excluding hydrogens is 324 g/mol. The van der Waals surface area contributed by atoms with Crippen LogP contribution in [0.2, 0.25) is 0 Å². The number of sulfonamides is 1. The zero-order valence-electron chi connectivity index (χ0n) is 13.3. The third-order valence-electron chi connectivity index (χ3n) is 3.31. The van der Waals surface area contributed by atoms with Crippen LogP contribution in [-0.4, -0.2) is 55.0 Å². The van der Waals surface area contributed by atoms with Crippen molar-refractivity contribution >= 4 is 27.5 Å². The molecule has 8 heteroatoms. The maximum absolute atomic E-state index is 12.5. The number of ether oxygens (including phenoxy) is 1. The fourth-order valence-corrected chi connectivity index (χ4v) is 4.93. The predicted octanol–water partition coefficient (Wildman–Crippen LogP) is 2.38. The normalized spacial score (nSPS) is 20.9. The average Bonchev–Trinajstić information content (AvgIpc) is 2.90. The van der Waals surface area contributed by atoms with E-state index in [9.17, 15) is 13.2 Å². The average molecular weight is 346 g/mol. The van der Waals surface area contributed by atoms with Crippen molar-refractivity contribution in [2.24, 2.45) is 0 Å². The standard InChI is InChI=1S/C14H22N2O4S2/c1-11-10-15(22(18,19)12-6-5-9-21-12)7-8-16(11)13(17)20-14(2,3)4/h5-6,9,11H,7-8,10H2,1-4H3. The second-order valence-corrected chi connectivity index (χ2v) is 9.43. The fourth-order valence-electron chi connectivity index (χ4n) is 2.27. The fraction of sp³-hybridized carbons (Fsp3) is 0.643. The number of carbonyl (C=O) groups is 1. The van der Waals surface area contributed by atoms with Gasteiger partial charge in [-0.3, -0.25) is 0 Å². The minimum absolute atomic E-state index is 0.224. The number of nitrogens with zero attached hydrogens (tertiary/aromatic N) is 2. The Morgan fingerprint density at radius 1 is 1.36 bits per heavy atom. The van der Waals surface area contributed by atoms with Crippen molar-refractivity contribution in [2.45, 2.75) is 43.5 Å². The van der Waals surface area contributed by atoms with Crippen LogP contribution in [0.3, 0.4) is 0 Å². The van der Waals surface area contributed by atoms with Crippen LogP contribution in [0.25, 0.3) is 0 Å². The molecule has 1 aliphatic rings. The van der Waals surface area contributed by atoms with E-state index < -0.39 is 21.7 Å². The molecule has 1 amide bonds. The lowest BCUT2D eigenvalue weighted by molar-refractivity contribution is 0.00860. The highest BCUT2D eigenvalue weighted by atomic mass is 32.2. The smallest absolute Gasteiger partial charge is 0.410 e. The van der Waals surface area contributed by atoms with Gasteiger partial charge in [-0.15, -0.1) is 11.3 Å². The van der Waals surface area contributed by atoms with Gasteiger partial charge in [-0.1, -0.05) is 6.07 Å². The van der Waals surface area contributed by atoms with Crippen LogP contribution in [0.5, 0.6) is 0 Å². The molecule has 2 rings (SSSR count). The van der Waals surface area contributed by atoms with Gasteiger partial charge in [0.1, 0.15) is 9.81 Å². The Balaban J connectivity index is 2.06. The van der Waals surface area contributed by atoms with Gasteiger partial charge in [0.25, 0.3) is 10.0 Å². The maximum atomic E-state index is 12.5. The lowest BCUT2D eigenvalue weighted by Crippen LogP contribution is -2.56. The van der Waals surface area contributed by atoms with Gasteiger partial charge in [0.15, 0.2) is 0 Å². The van der Waals surface area contributed by atoms with E-state index in [4.69, 9.17) is 4.74 Å². The Morgan fingerprint density at radius 3 is 2.55 bits per heavy atom. The van der Waals surface area contributed by atoms with Crippen LogP contribution in [0.1, 0.15) is 27.7 Å². The molecule has 22 heavy (non-hydrogen) atoms. The summed E-state index contributed by atoms with van der Waals surface area (Å²) in [6, 6.07) is 3.10. The number of carbonyl (C=O) groups excluding carboxylic acids is 1. The molecule has 2 heterocycles. The molecule has 1 aliphatic heterocycles. The van der Waals surface area contributed by atoms with Crippen LogP contribution < -0.4 is 0 Å². The summed E-state index contributed by atoms with van der Waals surface area (Å²) in [7, 11) is -3.46. The van der Waals surface area contributed by atoms with E-state index in [0.717, 1.165) is 0 Å². The van der Waals surface area contributed by atoms with E-state index in [0.29, 0.717) is 10.8 Å². The van der Waals surface area contributed by atoms with E-state index in [2.05, 4.69) is 0 Å². The van der Waals surface area contributed by atoms with Crippen LogP contribution >= 0.6 is 11.3 Å². The van der Waals surface area contributed by atoms with Crippen molar-refractivity contribution in [3.8, 4) is 0 Å². The first-order valence-electron chi connectivity index (χ1n) is 7.14. The quantitative estimate of drug-likeness (QED) is 0.824. The van der Waals surface area contributed by atoms with Crippen LogP contribution in [-0.2, 0) is 14.8 Å². The summed E-state index contributed by atoms with van der Waals surface area (Å²) in [4.78, 5) is 13.7. The number of thiophene rings is 1. The second kappa shape index (κ2) is 6.17. The zero-order valence-corrected chi connectivity index (χ0v) is 14.9. The van der Waals surface area contributed by atoms with E-state index in [1.165, 1.54) is 15.6 Å². The summed E-state index contributed by atoms with van der Waals surface area (Å²) in [6.45, 7) is 8.16. The molecule has 0 N–H and O–H groups in total. The van der Waals surface area contributed by atoms with Crippen molar-refractivity contribution in [2.75, 3.05) is 19.6 Å². The van der Waals surface area contributed by atoms with Gasteiger partial charge in [0.2, 0.25) is 0 Å². The van der Waals surface area contributed by atoms with Gasteiger partial charge in [-0.05, 0) is 39.1 Å². The first-order valence-corrected chi connectivity index (χ1v) is 9.46. The molecule has 1 aromatic rings. The van der Waals surface area contributed by atoms with Gasteiger partial charge in [-0.2, -0.15) is 4.31 Å². The Morgan fingerprint density at radius 2 is 2.05 bits per heavy atom. The summed E-state index contributed by atoms with van der Waals surface area (Å²) in [5.74, 6) is 0. The minimum atomic E-state index is -3.46. The van der Waals surface area contributed by atoms with Crippen molar-refractivity contribution < 1.29 is 17.9 Å². The number of amides is 1. The predicted molar refractivity (Wildman–Crippen MR) is 85.5 cm³/mol. The summed E-state index contributed by atoms with van der Waals surface area (Å²) in [6.07, 6.45) is -0.395. The van der Waals surface area contributed by atoms with Gasteiger partial charge in [0, 0.05) is 25.7 Å². The van der Waals surface area contributed by atoms with E-state index in [1.807, 2.05) is 27.7 Å². The van der Waals surface area contributed by atoms with E-state index in [1.54, 1.807) is 22.4 Å². The Bertz CT molecular complexity index is 620. The van der Waals surface area contributed by atoms with Crippen molar-refractivity contribution in [3.63, 3.8) is 0 Å². The highest BCUT2D eigenvalue weighted by molar-refractivity contribution is 7.91. The van der Waals surface area contributed by atoms with Gasteiger partial charge >= 0.3 is 6.09 Å². The summed E-state index contributed by atoms with van der Waals surface area (Å²) < 4.78 is 32.1. The van der Waals surface area contributed by atoms with Crippen molar-refractivity contribution in [1.29, 1.82) is 0 Å². The zero-order chi connectivity index (χ0) is 16.5.